The molecule has 166 valence electrons. The monoisotopic (exact) mass is 482 g/mol. The van der Waals surface area contributed by atoms with Gasteiger partial charge >= 0.3 is 0 Å². The molecule has 1 atom stereocenters. The van der Waals surface area contributed by atoms with Crippen LogP contribution in [0.4, 0.5) is 0 Å². The first-order valence-electron chi connectivity index (χ1n) is 9.92. The maximum absolute atomic E-state index is 13.3. The molecule has 0 spiro atoms. The van der Waals surface area contributed by atoms with E-state index < -0.39 is 31.8 Å². The van der Waals surface area contributed by atoms with E-state index in [-0.39, 0.29) is 33.5 Å². The fraction of sp³-hybridized carbons (Fsp3) is 0.381. The molecule has 1 amide bonds. The lowest BCUT2D eigenvalue weighted by Crippen LogP contribution is -2.38. The van der Waals surface area contributed by atoms with E-state index in [1.54, 1.807) is 0 Å². The lowest BCUT2D eigenvalue weighted by molar-refractivity contribution is 0.0747. The molecular weight excluding hydrogens is 460 g/mol. The minimum atomic E-state index is -3.92. The van der Waals surface area contributed by atoms with Gasteiger partial charge in [0.05, 0.1) is 16.5 Å². The van der Waals surface area contributed by atoms with Crippen LogP contribution < -0.4 is 0 Å². The van der Waals surface area contributed by atoms with Gasteiger partial charge in [-0.2, -0.15) is 4.31 Å². The summed E-state index contributed by atoms with van der Waals surface area (Å²) in [4.78, 5) is 14.2. The standard InChI is InChI=1S/C21H23ClN2O5S2/c1-23(18-9-11-30(26,27)14-18)21(25)16-6-7-19(22)20(12-16)31(28,29)24-10-8-15-4-2-3-5-17(15)13-24/h2-7,12,18H,8-11,13-14H2,1H3/t18-/m0/s1. The Hall–Kier alpha value is -1.94. The summed E-state index contributed by atoms with van der Waals surface area (Å²) in [6.45, 7) is 0.570. The van der Waals surface area contributed by atoms with E-state index in [4.69, 9.17) is 11.6 Å². The fourth-order valence-corrected chi connectivity index (χ4v) is 7.79. The number of carbonyl (C=O) groups excluding carboxylic acids is 1. The van der Waals surface area contributed by atoms with Crippen LogP contribution in [0.5, 0.6) is 0 Å². The molecule has 0 saturated carbocycles. The quantitative estimate of drug-likeness (QED) is 0.667. The van der Waals surface area contributed by atoms with Crippen LogP contribution in [0.2, 0.25) is 5.02 Å². The zero-order chi connectivity index (χ0) is 22.4. The molecule has 1 saturated heterocycles. The van der Waals surface area contributed by atoms with E-state index in [0.29, 0.717) is 19.4 Å². The van der Waals surface area contributed by atoms with Crippen LogP contribution in [-0.2, 0) is 32.8 Å². The Morgan fingerprint density at radius 1 is 1.16 bits per heavy atom. The summed E-state index contributed by atoms with van der Waals surface area (Å²) in [5, 5.41) is 0.0431. The van der Waals surface area contributed by atoms with Gasteiger partial charge in [0.15, 0.2) is 9.84 Å². The molecule has 0 N–H and O–H groups in total. The molecule has 10 heteroatoms. The second-order valence-electron chi connectivity index (χ2n) is 7.98. The largest absolute Gasteiger partial charge is 0.338 e. The van der Waals surface area contributed by atoms with Crippen molar-refractivity contribution >= 4 is 37.4 Å². The predicted octanol–water partition coefficient (Wildman–Crippen LogP) is 2.35. The Morgan fingerprint density at radius 2 is 1.87 bits per heavy atom. The molecule has 2 aromatic rings. The molecule has 31 heavy (non-hydrogen) atoms. The molecule has 0 unspecified atom stereocenters. The van der Waals surface area contributed by atoms with Gasteiger partial charge < -0.3 is 4.90 Å². The Kier molecular flexibility index (Phi) is 5.89. The first kappa shape index (κ1) is 22.3. The molecule has 2 aliphatic heterocycles. The second-order valence-corrected chi connectivity index (χ2v) is 12.5. The van der Waals surface area contributed by atoms with Gasteiger partial charge in [0, 0.05) is 31.7 Å². The van der Waals surface area contributed by atoms with Crippen LogP contribution in [0.1, 0.15) is 27.9 Å². The van der Waals surface area contributed by atoms with Crippen LogP contribution >= 0.6 is 11.6 Å². The lowest BCUT2D eigenvalue weighted by atomic mass is 10.0. The molecular formula is C21H23ClN2O5S2. The van der Waals surface area contributed by atoms with E-state index in [1.807, 2.05) is 24.3 Å². The Bertz CT molecular complexity index is 1240. The Balaban J connectivity index is 1.61. The number of fused-ring (bicyclic) bond motifs is 1. The van der Waals surface area contributed by atoms with E-state index in [9.17, 15) is 21.6 Å². The van der Waals surface area contributed by atoms with E-state index in [1.165, 1.54) is 34.5 Å². The van der Waals surface area contributed by atoms with Gasteiger partial charge in [-0.1, -0.05) is 35.9 Å². The smallest absolute Gasteiger partial charge is 0.253 e. The van der Waals surface area contributed by atoms with Gasteiger partial charge in [-0.15, -0.1) is 0 Å². The SMILES string of the molecule is CN(C(=O)c1ccc(Cl)c(S(=O)(=O)N2CCc3ccccc3C2)c1)[C@H]1CCS(=O)(=O)C1. The maximum atomic E-state index is 13.3. The van der Waals surface area contributed by atoms with Gasteiger partial charge in [0.2, 0.25) is 10.0 Å². The highest BCUT2D eigenvalue weighted by atomic mass is 35.5. The highest BCUT2D eigenvalue weighted by molar-refractivity contribution is 7.91. The van der Waals surface area contributed by atoms with Crippen LogP contribution in [0.15, 0.2) is 47.4 Å². The molecule has 1 fully saturated rings. The second kappa shape index (κ2) is 8.20. The summed E-state index contributed by atoms with van der Waals surface area (Å²) >= 11 is 6.24. The molecule has 2 aromatic carbocycles. The highest BCUT2D eigenvalue weighted by Crippen LogP contribution is 2.30. The van der Waals surface area contributed by atoms with Gasteiger partial charge in [0.1, 0.15) is 4.90 Å². The normalized spacial score (nSPS) is 20.9. The molecule has 0 aromatic heterocycles. The fourth-order valence-electron chi connectivity index (χ4n) is 4.10. The minimum Gasteiger partial charge on any atom is -0.338 e. The van der Waals surface area contributed by atoms with E-state index >= 15 is 0 Å². The minimum absolute atomic E-state index is 0.0431. The number of benzene rings is 2. The molecule has 0 radical (unpaired) electrons. The number of nitrogens with zero attached hydrogens (tertiary/aromatic N) is 2. The number of hydrogen-bond donors (Lipinski definition) is 0. The number of sulfonamides is 1. The number of rotatable bonds is 4. The van der Waals surface area contributed by atoms with E-state index in [2.05, 4.69) is 0 Å². The molecule has 2 aliphatic rings. The maximum Gasteiger partial charge on any atom is 0.253 e. The topological polar surface area (TPSA) is 91.8 Å². The molecule has 4 rings (SSSR count). The van der Waals surface area contributed by atoms with E-state index in [0.717, 1.165) is 11.1 Å². The van der Waals surface area contributed by atoms with Gasteiger partial charge in [-0.25, -0.2) is 16.8 Å². The number of sulfone groups is 1. The Morgan fingerprint density at radius 3 is 2.55 bits per heavy atom. The molecule has 7 nitrogen and oxygen atoms in total. The average Bonchev–Trinajstić information content (AvgIpc) is 3.12. The van der Waals surface area contributed by atoms with Gasteiger partial charge in [0.25, 0.3) is 5.91 Å². The molecule has 0 aliphatic carbocycles. The third kappa shape index (κ3) is 4.37. The van der Waals surface area contributed by atoms with Crippen LogP contribution in [0.25, 0.3) is 0 Å². The van der Waals surface area contributed by atoms with Crippen molar-refractivity contribution in [2.75, 3.05) is 25.1 Å². The number of halogens is 1. The number of carbonyl (C=O) groups is 1. The zero-order valence-corrected chi connectivity index (χ0v) is 19.4. The summed E-state index contributed by atoms with van der Waals surface area (Å²) in [6, 6.07) is 11.4. The summed E-state index contributed by atoms with van der Waals surface area (Å²) < 4.78 is 51.6. The first-order valence-corrected chi connectivity index (χ1v) is 13.6. The third-order valence-electron chi connectivity index (χ3n) is 5.97. The third-order valence-corrected chi connectivity index (χ3v) is 10.0. The van der Waals surface area contributed by atoms with Crippen LogP contribution in [-0.4, -0.2) is 63.1 Å². The van der Waals surface area contributed by atoms with Crippen molar-refractivity contribution in [2.45, 2.75) is 30.3 Å². The molecule has 0 bridgehead atoms. The molecule has 2 heterocycles. The summed E-state index contributed by atoms with van der Waals surface area (Å²) in [5.41, 5.74) is 2.23. The van der Waals surface area contributed by atoms with Crippen LogP contribution in [0.3, 0.4) is 0 Å². The van der Waals surface area contributed by atoms with Crippen molar-refractivity contribution in [1.29, 1.82) is 0 Å². The summed E-state index contributed by atoms with van der Waals surface area (Å²) in [7, 11) is -5.53. The zero-order valence-electron chi connectivity index (χ0n) is 17.0. The number of hydrogen-bond acceptors (Lipinski definition) is 5. The van der Waals surface area contributed by atoms with Crippen molar-refractivity contribution in [2.24, 2.45) is 0 Å². The van der Waals surface area contributed by atoms with Crippen molar-refractivity contribution < 1.29 is 21.6 Å². The lowest BCUT2D eigenvalue weighted by Gasteiger charge is -2.28. The average molecular weight is 483 g/mol. The summed E-state index contributed by atoms with van der Waals surface area (Å²) in [5.74, 6) is -0.466. The number of amides is 1. The van der Waals surface area contributed by atoms with Gasteiger partial charge in [-0.05, 0) is 42.2 Å². The van der Waals surface area contributed by atoms with Crippen molar-refractivity contribution in [3.63, 3.8) is 0 Å². The van der Waals surface area contributed by atoms with Crippen LogP contribution in [0, 0.1) is 0 Å². The Labute approximate surface area is 187 Å². The highest BCUT2D eigenvalue weighted by Gasteiger charge is 2.34. The first-order chi connectivity index (χ1) is 14.6. The predicted molar refractivity (Wildman–Crippen MR) is 118 cm³/mol. The van der Waals surface area contributed by atoms with Crippen molar-refractivity contribution in [1.82, 2.24) is 9.21 Å². The van der Waals surface area contributed by atoms with Crippen molar-refractivity contribution in [3.8, 4) is 0 Å². The summed E-state index contributed by atoms with van der Waals surface area (Å²) in [6.07, 6.45) is 0.973. The van der Waals surface area contributed by atoms with Crippen molar-refractivity contribution in [3.05, 3.63) is 64.2 Å². The van der Waals surface area contributed by atoms with Gasteiger partial charge in [-0.3, -0.25) is 4.79 Å².